The summed E-state index contributed by atoms with van der Waals surface area (Å²) in [5.74, 6) is -0.897. The highest BCUT2D eigenvalue weighted by molar-refractivity contribution is 9.10. The van der Waals surface area contributed by atoms with Crippen LogP contribution in [-0.2, 0) is 13.8 Å². The van der Waals surface area contributed by atoms with Gasteiger partial charge in [-0.1, -0.05) is 15.9 Å². The van der Waals surface area contributed by atoms with E-state index in [4.69, 9.17) is 10.7 Å². The van der Waals surface area contributed by atoms with Gasteiger partial charge in [0.1, 0.15) is 11.1 Å². The summed E-state index contributed by atoms with van der Waals surface area (Å²) in [7, 11) is 1.44. The minimum atomic E-state index is -3.79. The number of rotatable bonds is 2. The molecule has 1 fully saturated rings. The third kappa shape index (κ3) is 2.84. The summed E-state index contributed by atoms with van der Waals surface area (Å²) in [6.45, 7) is -0.0550. The minimum Gasteiger partial charge on any atom is -0.311 e. The molecule has 0 aromatic heterocycles. The minimum absolute atomic E-state index is 0.0550. The Morgan fingerprint density at radius 3 is 2.56 bits per heavy atom. The number of hydrogen-bond acceptors (Lipinski definition) is 3. The standard InChI is InChI=1S/C10H8BrClFNO3S/c11-6-1-7(13)3-8(2-6)14-5-9(4-10(14)15)18(12,16)17/h1-3,9H,4-5H2. The fourth-order valence-corrected chi connectivity index (χ4v) is 3.29. The van der Waals surface area contributed by atoms with E-state index in [9.17, 15) is 17.6 Å². The fourth-order valence-electron chi connectivity index (χ4n) is 1.81. The van der Waals surface area contributed by atoms with E-state index in [0.29, 0.717) is 10.2 Å². The van der Waals surface area contributed by atoms with Gasteiger partial charge in [0.25, 0.3) is 0 Å². The average molecular weight is 357 g/mol. The van der Waals surface area contributed by atoms with Crippen molar-refractivity contribution in [2.24, 2.45) is 0 Å². The summed E-state index contributed by atoms with van der Waals surface area (Å²) < 4.78 is 36.1. The predicted octanol–water partition coefficient (Wildman–Crippen LogP) is 2.26. The van der Waals surface area contributed by atoms with E-state index in [0.717, 1.165) is 0 Å². The molecule has 18 heavy (non-hydrogen) atoms. The molecule has 0 bridgehead atoms. The molecule has 1 aliphatic rings. The maximum atomic E-state index is 13.2. The lowest BCUT2D eigenvalue weighted by atomic mass is 10.3. The van der Waals surface area contributed by atoms with Gasteiger partial charge >= 0.3 is 0 Å². The van der Waals surface area contributed by atoms with Crippen LogP contribution in [0.4, 0.5) is 10.1 Å². The molecule has 0 radical (unpaired) electrons. The lowest BCUT2D eigenvalue weighted by molar-refractivity contribution is -0.117. The number of benzene rings is 1. The van der Waals surface area contributed by atoms with Crippen LogP contribution >= 0.6 is 26.6 Å². The number of nitrogens with zero attached hydrogens (tertiary/aromatic N) is 1. The normalized spacial score (nSPS) is 20.5. The first-order chi connectivity index (χ1) is 8.27. The SMILES string of the molecule is O=C1CC(S(=O)(=O)Cl)CN1c1cc(F)cc(Br)c1. The lowest BCUT2D eigenvalue weighted by Gasteiger charge is -2.16. The average Bonchev–Trinajstić information content (AvgIpc) is 2.58. The molecule has 4 nitrogen and oxygen atoms in total. The predicted molar refractivity (Wildman–Crippen MR) is 69.6 cm³/mol. The molecule has 8 heteroatoms. The van der Waals surface area contributed by atoms with E-state index in [1.54, 1.807) is 6.07 Å². The zero-order valence-corrected chi connectivity index (χ0v) is 12.1. The molecule has 1 atom stereocenters. The molecule has 0 aliphatic carbocycles. The fraction of sp³-hybridized carbons (Fsp3) is 0.300. The Hall–Kier alpha value is -0.660. The van der Waals surface area contributed by atoms with Crippen molar-refractivity contribution in [1.82, 2.24) is 0 Å². The van der Waals surface area contributed by atoms with Crippen molar-refractivity contribution in [2.75, 3.05) is 11.4 Å². The Kier molecular flexibility index (Phi) is 3.66. The van der Waals surface area contributed by atoms with Crippen molar-refractivity contribution >= 4 is 47.3 Å². The molecule has 1 amide bonds. The number of amides is 1. The Bertz CT molecular complexity index is 587. The highest BCUT2D eigenvalue weighted by Gasteiger charge is 2.38. The number of anilines is 1. The zero-order valence-electron chi connectivity index (χ0n) is 8.94. The summed E-state index contributed by atoms with van der Waals surface area (Å²) in [4.78, 5) is 12.9. The Morgan fingerprint density at radius 2 is 2.06 bits per heavy atom. The molecule has 0 spiro atoms. The topological polar surface area (TPSA) is 54.5 Å². The second-order valence-corrected chi connectivity index (χ2v) is 7.76. The summed E-state index contributed by atoms with van der Waals surface area (Å²) in [6, 6.07) is 3.97. The molecular formula is C10H8BrClFNO3S. The Balaban J connectivity index is 2.32. The van der Waals surface area contributed by atoms with Crippen LogP contribution in [0.2, 0.25) is 0 Å². The van der Waals surface area contributed by atoms with E-state index in [2.05, 4.69) is 15.9 Å². The van der Waals surface area contributed by atoms with Crippen molar-refractivity contribution in [3.05, 3.63) is 28.5 Å². The maximum absolute atomic E-state index is 13.2. The number of carbonyl (C=O) groups is 1. The number of hydrogen-bond donors (Lipinski definition) is 0. The molecule has 1 saturated heterocycles. The van der Waals surface area contributed by atoms with Crippen LogP contribution in [0.1, 0.15) is 6.42 Å². The summed E-state index contributed by atoms with van der Waals surface area (Å²) in [5, 5.41) is -0.950. The van der Waals surface area contributed by atoms with Crippen LogP contribution < -0.4 is 4.90 Å². The summed E-state index contributed by atoms with van der Waals surface area (Å²) in [5.41, 5.74) is 0.315. The molecule has 98 valence electrons. The second kappa shape index (κ2) is 4.79. The highest BCUT2D eigenvalue weighted by atomic mass is 79.9. The van der Waals surface area contributed by atoms with Gasteiger partial charge in [-0.25, -0.2) is 12.8 Å². The number of carbonyl (C=O) groups excluding carboxylic acids is 1. The van der Waals surface area contributed by atoms with Gasteiger partial charge in [0.2, 0.25) is 15.0 Å². The van der Waals surface area contributed by atoms with Gasteiger partial charge < -0.3 is 4.90 Å². The monoisotopic (exact) mass is 355 g/mol. The second-order valence-electron chi connectivity index (χ2n) is 3.93. The van der Waals surface area contributed by atoms with Crippen LogP contribution in [0.25, 0.3) is 0 Å². The van der Waals surface area contributed by atoms with Crippen LogP contribution in [0.15, 0.2) is 22.7 Å². The van der Waals surface area contributed by atoms with E-state index < -0.39 is 20.1 Å². The quantitative estimate of drug-likeness (QED) is 0.764. The van der Waals surface area contributed by atoms with Crippen molar-refractivity contribution in [2.45, 2.75) is 11.7 Å². The lowest BCUT2D eigenvalue weighted by Crippen LogP contribution is -2.26. The summed E-state index contributed by atoms with van der Waals surface area (Å²) in [6.07, 6.45) is -0.181. The largest absolute Gasteiger partial charge is 0.311 e. The van der Waals surface area contributed by atoms with Crippen LogP contribution in [0, 0.1) is 5.82 Å². The first-order valence-electron chi connectivity index (χ1n) is 4.97. The molecule has 1 unspecified atom stereocenters. The van der Waals surface area contributed by atoms with Crippen molar-refractivity contribution in [3.8, 4) is 0 Å². The van der Waals surface area contributed by atoms with Gasteiger partial charge in [0.05, 0.1) is 0 Å². The van der Waals surface area contributed by atoms with Crippen LogP contribution in [-0.4, -0.2) is 26.1 Å². The van der Waals surface area contributed by atoms with Gasteiger partial charge in [-0.15, -0.1) is 0 Å². The third-order valence-corrected chi connectivity index (χ3v) is 4.97. The van der Waals surface area contributed by atoms with E-state index >= 15 is 0 Å². The van der Waals surface area contributed by atoms with Gasteiger partial charge in [-0.05, 0) is 18.2 Å². The van der Waals surface area contributed by atoms with Gasteiger partial charge in [-0.3, -0.25) is 4.79 Å². The zero-order chi connectivity index (χ0) is 13.5. The molecule has 0 saturated carbocycles. The number of halogens is 3. The van der Waals surface area contributed by atoms with E-state index in [1.807, 2.05) is 0 Å². The van der Waals surface area contributed by atoms with Crippen LogP contribution in [0.3, 0.4) is 0 Å². The third-order valence-electron chi connectivity index (χ3n) is 2.65. The van der Waals surface area contributed by atoms with Gasteiger partial charge in [-0.2, -0.15) is 0 Å². The van der Waals surface area contributed by atoms with E-state index in [-0.39, 0.29) is 18.9 Å². The molecule has 2 rings (SSSR count). The Morgan fingerprint density at radius 1 is 1.39 bits per heavy atom. The molecule has 1 aliphatic heterocycles. The van der Waals surface area contributed by atoms with E-state index in [1.165, 1.54) is 17.0 Å². The first-order valence-corrected chi connectivity index (χ1v) is 8.14. The maximum Gasteiger partial charge on any atom is 0.237 e. The smallest absolute Gasteiger partial charge is 0.237 e. The molecule has 1 heterocycles. The van der Waals surface area contributed by atoms with Crippen LogP contribution in [0.5, 0.6) is 0 Å². The van der Waals surface area contributed by atoms with Crippen molar-refractivity contribution < 1.29 is 17.6 Å². The van der Waals surface area contributed by atoms with Crippen molar-refractivity contribution in [3.63, 3.8) is 0 Å². The summed E-state index contributed by atoms with van der Waals surface area (Å²) >= 11 is 3.11. The van der Waals surface area contributed by atoms with Gasteiger partial charge in [0.15, 0.2) is 0 Å². The highest BCUT2D eigenvalue weighted by Crippen LogP contribution is 2.29. The Labute approximate surface area is 116 Å². The molecule has 1 aromatic carbocycles. The molecule has 1 aromatic rings. The van der Waals surface area contributed by atoms with Gasteiger partial charge in [0, 0.05) is 33.8 Å². The van der Waals surface area contributed by atoms with Crippen molar-refractivity contribution in [1.29, 1.82) is 0 Å². The first kappa shape index (κ1) is 13.8. The molecular weight excluding hydrogens is 349 g/mol. The molecule has 0 N–H and O–H groups in total.